The minimum absolute atomic E-state index is 0.0731. The van der Waals surface area contributed by atoms with Crippen molar-refractivity contribution in [3.05, 3.63) is 0 Å². The number of rotatable bonds is 1. The van der Waals surface area contributed by atoms with Gasteiger partial charge in [0.25, 0.3) is 0 Å². The SMILES string of the molecule is CC(C)C1(C)C(C#N)(C#N)C1(C#N)C#N. The summed E-state index contributed by atoms with van der Waals surface area (Å²) >= 11 is 0. The molecule has 15 heavy (non-hydrogen) atoms. The third kappa shape index (κ3) is 0.707. The summed E-state index contributed by atoms with van der Waals surface area (Å²) in [5.41, 5.74) is -3.84. The zero-order chi connectivity index (χ0) is 11.9. The van der Waals surface area contributed by atoms with Crippen LogP contribution in [-0.2, 0) is 0 Å². The molecule has 1 rings (SSSR count). The Hall–Kier alpha value is -2.04. The van der Waals surface area contributed by atoms with Crippen LogP contribution in [0.4, 0.5) is 0 Å². The molecular formula is C11H10N4. The highest BCUT2D eigenvalue weighted by Gasteiger charge is 2.90. The molecule has 0 aliphatic heterocycles. The standard InChI is InChI=1S/C11H10N4/c1-8(2)9(3)10(4-12,5-13)11(9,6-14)7-15/h8H,1-3H3. The molecule has 0 N–H and O–H groups in total. The van der Waals surface area contributed by atoms with Crippen molar-refractivity contribution in [2.45, 2.75) is 20.8 Å². The Morgan fingerprint density at radius 1 is 0.800 bits per heavy atom. The molecule has 0 aromatic rings. The van der Waals surface area contributed by atoms with Crippen molar-refractivity contribution in [2.24, 2.45) is 22.2 Å². The largest absolute Gasteiger partial charge is 0.196 e. The highest BCUT2D eigenvalue weighted by molar-refractivity contribution is 5.55. The van der Waals surface area contributed by atoms with E-state index in [2.05, 4.69) is 0 Å². The summed E-state index contributed by atoms with van der Waals surface area (Å²) in [6.45, 7) is 5.30. The lowest BCUT2D eigenvalue weighted by Gasteiger charge is -2.15. The maximum Gasteiger partial charge on any atom is 0.184 e. The molecule has 4 heteroatoms. The maximum absolute atomic E-state index is 9.06. The Labute approximate surface area is 89.0 Å². The zero-order valence-electron chi connectivity index (χ0n) is 8.87. The van der Waals surface area contributed by atoms with E-state index < -0.39 is 16.2 Å². The first kappa shape index (κ1) is 11.0. The topological polar surface area (TPSA) is 95.2 Å². The van der Waals surface area contributed by atoms with Crippen molar-refractivity contribution >= 4 is 0 Å². The van der Waals surface area contributed by atoms with Gasteiger partial charge in [0, 0.05) is 5.41 Å². The van der Waals surface area contributed by atoms with E-state index in [0.717, 1.165) is 0 Å². The molecular weight excluding hydrogens is 188 g/mol. The van der Waals surface area contributed by atoms with Crippen LogP contribution in [0, 0.1) is 67.5 Å². The van der Waals surface area contributed by atoms with Crippen LogP contribution >= 0.6 is 0 Å². The van der Waals surface area contributed by atoms with Crippen LogP contribution in [0.25, 0.3) is 0 Å². The Morgan fingerprint density at radius 2 is 1.07 bits per heavy atom. The quantitative estimate of drug-likeness (QED) is 0.640. The van der Waals surface area contributed by atoms with Crippen LogP contribution in [0.3, 0.4) is 0 Å². The number of nitrogens with zero attached hydrogens (tertiary/aromatic N) is 4. The molecule has 1 aliphatic carbocycles. The molecule has 0 aromatic carbocycles. The van der Waals surface area contributed by atoms with Gasteiger partial charge < -0.3 is 0 Å². The molecule has 0 aromatic heterocycles. The highest BCUT2D eigenvalue weighted by atomic mass is 14.8. The molecule has 0 spiro atoms. The van der Waals surface area contributed by atoms with Gasteiger partial charge in [-0.3, -0.25) is 0 Å². The fourth-order valence-electron chi connectivity index (χ4n) is 2.46. The first-order chi connectivity index (χ1) is 6.94. The Morgan fingerprint density at radius 3 is 1.13 bits per heavy atom. The fourth-order valence-corrected chi connectivity index (χ4v) is 2.46. The third-order valence-electron chi connectivity index (χ3n) is 3.88. The second-order valence-corrected chi connectivity index (χ2v) is 4.30. The molecule has 0 amide bonds. The Bertz CT molecular complexity index is 395. The van der Waals surface area contributed by atoms with Crippen molar-refractivity contribution < 1.29 is 0 Å². The van der Waals surface area contributed by atoms with E-state index in [0.29, 0.717) is 0 Å². The molecule has 0 saturated heterocycles. The van der Waals surface area contributed by atoms with Crippen molar-refractivity contribution in [1.82, 2.24) is 0 Å². The van der Waals surface area contributed by atoms with E-state index in [-0.39, 0.29) is 5.92 Å². The lowest BCUT2D eigenvalue weighted by Crippen LogP contribution is -2.15. The summed E-state index contributed by atoms with van der Waals surface area (Å²) in [6.07, 6.45) is 0. The van der Waals surface area contributed by atoms with Gasteiger partial charge in [-0.15, -0.1) is 0 Å². The smallest absolute Gasteiger partial charge is 0.184 e. The molecule has 4 nitrogen and oxygen atoms in total. The summed E-state index contributed by atoms with van der Waals surface area (Å²) in [5, 5.41) is 36.3. The van der Waals surface area contributed by atoms with E-state index in [9.17, 15) is 0 Å². The zero-order valence-corrected chi connectivity index (χ0v) is 8.87. The predicted molar refractivity (Wildman–Crippen MR) is 50.3 cm³/mol. The van der Waals surface area contributed by atoms with Gasteiger partial charge in [-0.2, -0.15) is 21.0 Å². The van der Waals surface area contributed by atoms with Crippen molar-refractivity contribution in [2.75, 3.05) is 0 Å². The normalized spacial score (nSPS) is 22.9. The van der Waals surface area contributed by atoms with Crippen LogP contribution in [0.5, 0.6) is 0 Å². The summed E-state index contributed by atoms with van der Waals surface area (Å²) in [4.78, 5) is 0. The predicted octanol–water partition coefficient (Wildman–Crippen LogP) is 1.73. The van der Waals surface area contributed by atoms with Crippen LogP contribution in [-0.4, -0.2) is 0 Å². The highest BCUT2D eigenvalue weighted by Crippen LogP contribution is 2.80. The average Bonchev–Trinajstić information content (AvgIpc) is 2.74. The Kier molecular flexibility index (Phi) is 2.01. The van der Waals surface area contributed by atoms with Crippen LogP contribution < -0.4 is 0 Å². The minimum atomic E-state index is -1.49. The van der Waals surface area contributed by atoms with Crippen molar-refractivity contribution in [1.29, 1.82) is 21.0 Å². The van der Waals surface area contributed by atoms with Gasteiger partial charge in [0.2, 0.25) is 0 Å². The number of hydrogen-bond acceptors (Lipinski definition) is 4. The maximum atomic E-state index is 9.06. The first-order valence-corrected chi connectivity index (χ1v) is 4.59. The molecule has 1 saturated carbocycles. The van der Waals surface area contributed by atoms with Crippen LogP contribution in [0.2, 0.25) is 0 Å². The molecule has 1 fully saturated rings. The van der Waals surface area contributed by atoms with E-state index in [1.165, 1.54) is 0 Å². The summed E-state index contributed by atoms with van der Waals surface area (Å²) in [7, 11) is 0. The fraction of sp³-hybridized carbons (Fsp3) is 0.636. The molecule has 0 atom stereocenters. The average molecular weight is 198 g/mol. The lowest BCUT2D eigenvalue weighted by atomic mass is 9.84. The molecule has 74 valence electrons. The van der Waals surface area contributed by atoms with Gasteiger partial charge in [-0.25, -0.2) is 0 Å². The number of nitriles is 4. The minimum Gasteiger partial charge on any atom is -0.196 e. The molecule has 0 radical (unpaired) electrons. The van der Waals surface area contributed by atoms with E-state index >= 15 is 0 Å². The number of hydrogen-bond donors (Lipinski definition) is 0. The van der Waals surface area contributed by atoms with Gasteiger partial charge in [-0.1, -0.05) is 20.8 Å². The molecule has 0 bridgehead atoms. The van der Waals surface area contributed by atoms with Gasteiger partial charge >= 0.3 is 0 Å². The van der Waals surface area contributed by atoms with Gasteiger partial charge in [0.1, 0.15) is 0 Å². The van der Waals surface area contributed by atoms with E-state index in [4.69, 9.17) is 21.0 Å². The van der Waals surface area contributed by atoms with Crippen molar-refractivity contribution in [3.8, 4) is 24.3 Å². The summed E-state index contributed by atoms with van der Waals surface area (Å²) in [6, 6.07) is 7.44. The molecule has 1 aliphatic rings. The molecule has 0 heterocycles. The molecule has 0 unspecified atom stereocenters. The van der Waals surface area contributed by atoms with Gasteiger partial charge in [0.05, 0.1) is 24.3 Å². The van der Waals surface area contributed by atoms with Crippen LogP contribution in [0.15, 0.2) is 0 Å². The summed E-state index contributed by atoms with van der Waals surface area (Å²) < 4.78 is 0. The van der Waals surface area contributed by atoms with Crippen LogP contribution in [0.1, 0.15) is 20.8 Å². The van der Waals surface area contributed by atoms with Gasteiger partial charge in [0.15, 0.2) is 10.8 Å². The van der Waals surface area contributed by atoms with Crippen molar-refractivity contribution in [3.63, 3.8) is 0 Å². The monoisotopic (exact) mass is 198 g/mol. The van der Waals surface area contributed by atoms with E-state index in [1.807, 2.05) is 38.1 Å². The summed E-state index contributed by atoms with van der Waals surface area (Å²) in [5.74, 6) is -0.0731. The second-order valence-electron chi connectivity index (χ2n) is 4.30. The Balaban J connectivity index is 3.52. The first-order valence-electron chi connectivity index (χ1n) is 4.59. The third-order valence-corrected chi connectivity index (χ3v) is 3.88. The second kappa shape index (κ2) is 2.73. The van der Waals surface area contributed by atoms with E-state index in [1.54, 1.807) is 6.92 Å². The van der Waals surface area contributed by atoms with Gasteiger partial charge in [-0.05, 0) is 5.92 Å². The lowest BCUT2D eigenvalue weighted by molar-refractivity contribution is 0.330.